The molecule has 1 nitrogen and oxygen atoms in total. The van der Waals surface area contributed by atoms with Crippen molar-refractivity contribution in [1.82, 2.24) is 0 Å². The van der Waals surface area contributed by atoms with Crippen LogP contribution in [0.15, 0.2) is 60.7 Å². The van der Waals surface area contributed by atoms with Gasteiger partial charge in [-0.25, -0.2) is 0 Å². The lowest BCUT2D eigenvalue weighted by Crippen LogP contribution is -2.47. The number of benzene rings is 3. The molecular weight excluding hydrogens is 394 g/mol. The maximum atomic E-state index is 2.62. The quantitative estimate of drug-likeness (QED) is 0.314. The summed E-state index contributed by atoms with van der Waals surface area (Å²) < 4.78 is 2.74. The van der Waals surface area contributed by atoms with E-state index in [0.717, 1.165) is 0 Å². The molecule has 0 aliphatic carbocycles. The van der Waals surface area contributed by atoms with Crippen LogP contribution in [0, 0.1) is 0 Å². The minimum atomic E-state index is 0.0122. The summed E-state index contributed by atoms with van der Waals surface area (Å²) in [7, 11) is 0. The average molecular weight is 430 g/mol. The zero-order valence-corrected chi connectivity index (χ0v) is 21.0. The van der Waals surface area contributed by atoms with Gasteiger partial charge in [0.1, 0.15) is 0 Å². The molecule has 3 aromatic carbocycles. The van der Waals surface area contributed by atoms with E-state index in [0.29, 0.717) is 6.04 Å². The molecule has 0 aliphatic heterocycles. The molecule has 0 atom stereocenters. The molecule has 0 bridgehead atoms. The standard InChI is InChI=1S/C29H35NS/c1-19(2)30(29(6,7)8)26-21(14-12-17-24(26)28(3,4)5)23-16-11-15-22-20-13-9-10-18-25(20)31-27(22)23/h9-19H,1-8H3. The Kier molecular flexibility index (Phi) is 5.42. The molecule has 0 amide bonds. The number of thiophene rings is 1. The third-order valence-corrected chi connectivity index (χ3v) is 7.24. The SMILES string of the molecule is CC(C)N(c1c(-c2cccc3c2sc2ccccc23)cccc1C(C)(C)C)C(C)(C)C. The van der Waals surface area contributed by atoms with Crippen LogP contribution in [0.2, 0.25) is 0 Å². The molecule has 0 spiro atoms. The van der Waals surface area contributed by atoms with Crippen molar-refractivity contribution in [3.05, 3.63) is 66.2 Å². The second kappa shape index (κ2) is 7.67. The van der Waals surface area contributed by atoms with Crippen molar-refractivity contribution in [3.8, 4) is 11.1 Å². The van der Waals surface area contributed by atoms with Crippen molar-refractivity contribution in [2.24, 2.45) is 0 Å². The molecule has 0 saturated carbocycles. The molecule has 0 unspecified atom stereocenters. The lowest BCUT2D eigenvalue weighted by atomic mass is 9.81. The predicted molar refractivity (Wildman–Crippen MR) is 141 cm³/mol. The molecule has 0 saturated heterocycles. The van der Waals surface area contributed by atoms with Crippen LogP contribution in [0.3, 0.4) is 0 Å². The van der Waals surface area contributed by atoms with E-state index < -0.39 is 0 Å². The number of nitrogens with zero attached hydrogens (tertiary/aromatic N) is 1. The first-order chi connectivity index (χ1) is 14.5. The van der Waals surface area contributed by atoms with Gasteiger partial charge in [0.25, 0.3) is 0 Å². The summed E-state index contributed by atoms with van der Waals surface area (Å²) in [6.45, 7) is 18.6. The van der Waals surface area contributed by atoms with Gasteiger partial charge >= 0.3 is 0 Å². The summed E-state index contributed by atoms with van der Waals surface area (Å²) in [5.41, 5.74) is 5.54. The molecule has 4 aromatic rings. The molecule has 0 fully saturated rings. The molecule has 0 aliphatic rings. The number of fused-ring (bicyclic) bond motifs is 3. The molecule has 0 N–H and O–H groups in total. The highest BCUT2D eigenvalue weighted by Gasteiger charge is 2.32. The number of rotatable bonds is 3. The number of anilines is 1. The maximum Gasteiger partial charge on any atom is 0.0491 e. The zero-order chi connectivity index (χ0) is 22.6. The van der Waals surface area contributed by atoms with Crippen LogP contribution in [-0.2, 0) is 5.41 Å². The Morgan fingerprint density at radius 3 is 1.97 bits per heavy atom. The Bertz CT molecular complexity index is 1230. The summed E-state index contributed by atoms with van der Waals surface area (Å²) in [6, 6.07) is 22.9. The summed E-state index contributed by atoms with van der Waals surface area (Å²) >= 11 is 1.91. The summed E-state index contributed by atoms with van der Waals surface area (Å²) in [4.78, 5) is 2.62. The Labute approximate surface area is 191 Å². The van der Waals surface area contributed by atoms with Crippen molar-refractivity contribution in [3.63, 3.8) is 0 Å². The van der Waals surface area contributed by atoms with Crippen molar-refractivity contribution >= 4 is 37.2 Å². The first-order valence-corrected chi connectivity index (χ1v) is 12.2. The van der Waals surface area contributed by atoms with E-state index in [2.05, 4.69) is 121 Å². The first kappa shape index (κ1) is 21.9. The zero-order valence-electron chi connectivity index (χ0n) is 20.2. The van der Waals surface area contributed by atoms with Gasteiger partial charge in [0.2, 0.25) is 0 Å². The Morgan fingerprint density at radius 1 is 0.710 bits per heavy atom. The smallest absolute Gasteiger partial charge is 0.0491 e. The van der Waals surface area contributed by atoms with Gasteiger partial charge in [0.05, 0.1) is 0 Å². The van der Waals surface area contributed by atoms with E-state index in [4.69, 9.17) is 0 Å². The molecular formula is C29H35NS. The highest BCUT2D eigenvalue weighted by molar-refractivity contribution is 7.26. The Balaban J connectivity index is 2.11. The Hall–Kier alpha value is -2.32. The second-order valence-corrected chi connectivity index (χ2v) is 11.9. The molecule has 2 heteroatoms. The minimum absolute atomic E-state index is 0.0122. The van der Waals surface area contributed by atoms with E-state index in [1.165, 1.54) is 42.6 Å². The van der Waals surface area contributed by atoms with Crippen LogP contribution in [0.5, 0.6) is 0 Å². The van der Waals surface area contributed by atoms with Gasteiger partial charge in [-0.05, 0) is 51.7 Å². The number of para-hydroxylation sites is 1. The van der Waals surface area contributed by atoms with Gasteiger partial charge in [-0.1, -0.05) is 75.4 Å². The van der Waals surface area contributed by atoms with Crippen molar-refractivity contribution in [2.45, 2.75) is 72.4 Å². The van der Waals surface area contributed by atoms with E-state index in [9.17, 15) is 0 Å². The van der Waals surface area contributed by atoms with Crippen molar-refractivity contribution < 1.29 is 0 Å². The second-order valence-electron chi connectivity index (χ2n) is 10.9. The van der Waals surface area contributed by atoms with E-state index in [1.54, 1.807) is 0 Å². The number of hydrogen-bond acceptors (Lipinski definition) is 2. The first-order valence-electron chi connectivity index (χ1n) is 11.3. The van der Waals surface area contributed by atoms with Gasteiger partial charge in [-0.3, -0.25) is 0 Å². The van der Waals surface area contributed by atoms with Crippen LogP contribution in [0.25, 0.3) is 31.3 Å². The lowest BCUT2D eigenvalue weighted by Gasteiger charge is -2.45. The topological polar surface area (TPSA) is 3.24 Å². The monoisotopic (exact) mass is 429 g/mol. The maximum absolute atomic E-state index is 2.62. The van der Waals surface area contributed by atoms with Crippen LogP contribution in [-0.4, -0.2) is 11.6 Å². The third-order valence-electron chi connectivity index (χ3n) is 6.02. The summed E-state index contributed by atoms with van der Waals surface area (Å²) in [6.07, 6.45) is 0. The summed E-state index contributed by atoms with van der Waals surface area (Å²) in [5.74, 6) is 0. The van der Waals surface area contributed by atoms with Crippen LogP contribution >= 0.6 is 11.3 Å². The fourth-order valence-corrected chi connectivity index (χ4v) is 6.18. The lowest BCUT2D eigenvalue weighted by molar-refractivity contribution is 0.459. The third kappa shape index (κ3) is 3.87. The van der Waals surface area contributed by atoms with E-state index in [-0.39, 0.29) is 11.0 Å². The molecule has 1 heterocycles. The normalized spacial score (nSPS) is 12.8. The Morgan fingerprint density at radius 2 is 1.32 bits per heavy atom. The predicted octanol–water partition coefficient (Wildman–Crippen LogP) is 9.03. The molecule has 0 radical (unpaired) electrons. The van der Waals surface area contributed by atoms with Gasteiger partial charge in [-0.15, -0.1) is 11.3 Å². The van der Waals surface area contributed by atoms with Crippen molar-refractivity contribution in [1.29, 1.82) is 0 Å². The highest BCUT2D eigenvalue weighted by Crippen LogP contribution is 2.47. The van der Waals surface area contributed by atoms with Gasteiger partial charge in [-0.2, -0.15) is 0 Å². The van der Waals surface area contributed by atoms with Gasteiger partial charge in [0.15, 0.2) is 0 Å². The van der Waals surface area contributed by atoms with Crippen molar-refractivity contribution in [2.75, 3.05) is 4.90 Å². The largest absolute Gasteiger partial charge is 0.364 e. The molecule has 31 heavy (non-hydrogen) atoms. The highest BCUT2D eigenvalue weighted by atomic mass is 32.1. The van der Waals surface area contributed by atoms with E-state index >= 15 is 0 Å². The summed E-state index contributed by atoms with van der Waals surface area (Å²) in [5, 5.41) is 2.71. The van der Waals surface area contributed by atoms with Crippen LogP contribution in [0.4, 0.5) is 5.69 Å². The number of hydrogen-bond donors (Lipinski definition) is 0. The van der Waals surface area contributed by atoms with E-state index in [1.807, 2.05) is 11.3 Å². The van der Waals surface area contributed by atoms with Crippen LogP contribution in [0.1, 0.15) is 61.0 Å². The fourth-order valence-electron chi connectivity index (χ4n) is 4.95. The molecule has 4 rings (SSSR count). The molecule has 1 aromatic heterocycles. The van der Waals surface area contributed by atoms with Crippen LogP contribution < -0.4 is 4.90 Å². The van der Waals surface area contributed by atoms with Gasteiger partial charge < -0.3 is 4.90 Å². The average Bonchev–Trinajstić information content (AvgIpc) is 3.05. The fraction of sp³-hybridized carbons (Fsp3) is 0.379. The minimum Gasteiger partial charge on any atom is -0.364 e. The van der Waals surface area contributed by atoms with Gasteiger partial charge in [0, 0.05) is 48.6 Å². The molecule has 162 valence electrons.